The smallest absolute Gasteiger partial charge is 0.339 e. The van der Waals surface area contributed by atoms with Gasteiger partial charge in [-0.2, -0.15) is 0 Å². The minimum Gasteiger partial charge on any atom is -0.452 e. The predicted octanol–water partition coefficient (Wildman–Crippen LogP) is 3.91. The van der Waals surface area contributed by atoms with E-state index >= 15 is 0 Å². The second-order valence-electron chi connectivity index (χ2n) is 6.57. The first-order valence-electron chi connectivity index (χ1n) is 8.99. The van der Waals surface area contributed by atoms with Gasteiger partial charge in [-0.15, -0.1) is 0 Å². The van der Waals surface area contributed by atoms with E-state index in [1.807, 2.05) is 0 Å². The lowest BCUT2D eigenvalue weighted by molar-refractivity contribution is -0.119. The number of hydrogen-bond acceptors (Lipinski definition) is 5. The van der Waals surface area contributed by atoms with Crippen LogP contribution in [0.3, 0.4) is 0 Å². The first-order valence-corrected chi connectivity index (χ1v) is 9.37. The third kappa shape index (κ3) is 3.60. The van der Waals surface area contributed by atoms with E-state index in [1.54, 1.807) is 48.5 Å². The fourth-order valence-electron chi connectivity index (χ4n) is 3.29. The molecule has 30 heavy (non-hydrogen) atoms. The number of nitrogens with one attached hydrogen (secondary N) is 1. The van der Waals surface area contributed by atoms with Crippen molar-refractivity contribution in [3.05, 3.63) is 99.6 Å². The molecule has 1 amide bonds. The predicted molar refractivity (Wildman–Crippen MR) is 110 cm³/mol. The van der Waals surface area contributed by atoms with Gasteiger partial charge in [0.15, 0.2) is 18.2 Å². The van der Waals surface area contributed by atoms with Gasteiger partial charge < -0.3 is 10.1 Å². The molecule has 6 nitrogen and oxygen atoms in total. The number of ketones is 2. The highest BCUT2D eigenvalue weighted by molar-refractivity contribution is 6.31. The Kier molecular flexibility index (Phi) is 5.16. The Bertz CT molecular complexity index is 1220. The van der Waals surface area contributed by atoms with Crippen molar-refractivity contribution in [2.24, 2.45) is 0 Å². The highest BCUT2D eigenvalue weighted by Crippen LogP contribution is 2.29. The average Bonchev–Trinajstić information content (AvgIpc) is 2.75. The highest BCUT2D eigenvalue weighted by atomic mass is 35.5. The summed E-state index contributed by atoms with van der Waals surface area (Å²) in [7, 11) is 0. The Labute approximate surface area is 176 Å². The number of carbonyl (C=O) groups excluding carboxylic acids is 4. The number of halogens is 1. The van der Waals surface area contributed by atoms with Crippen molar-refractivity contribution < 1.29 is 23.9 Å². The zero-order valence-corrected chi connectivity index (χ0v) is 16.2. The van der Waals surface area contributed by atoms with E-state index in [-0.39, 0.29) is 28.0 Å². The third-order valence-electron chi connectivity index (χ3n) is 4.62. The molecule has 0 spiro atoms. The zero-order chi connectivity index (χ0) is 21.3. The topological polar surface area (TPSA) is 89.5 Å². The van der Waals surface area contributed by atoms with Crippen LogP contribution in [0.5, 0.6) is 0 Å². The molecule has 0 aliphatic heterocycles. The second-order valence-corrected chi connectivity index (χ2v) is 7.00. The van der Waals surface area contributed by atoms with Gasteiger partial charge in [0, 0.05) is 33.0 Å². The van der Waals surface area contributed by atoms with Gasteiger partial charge >= 0.3 is 5.97 Å². The first-order chi connectivity index (χ1) is 14.5. The summed E-state index contributed by atoms with van der Waals surface area (Å²) in [5, 5.41) is 3.01. The quantitative estimate of drug-likeness (QED) is 0.506. The van der Waals surface area contributed by atoms with Crippen molar-refractivity contribution >= 4 is 40.7 Å². The zero-order valence-electron chi connectivity index (χ0n) is 15.5. The van der Waals surface area contributed by atoms with E-state index in [0.29, 0.717) is 16.3 Å². The fraction of sp³-hybridized carbons (Fsp3) is 0.0435. The summed E-state index contributed by atoms with van der Waals surface area (Å²) in [4.78, 5) is 50.4. The number of rotatable bonds is 4. The van der Waals surface area contributed by atoms with Crippen LogP contribution in [-0.2, 0) is 9.53 Å². The molecule has 0 fully saturated rings. The molecule has 1 aliphatic rings. The molecule has 1 N–H and O–H groups in total. The maximum atomic E-state index is 12.9. The number of anilines is 1. The van der Waals surface area contributed by atoms with Crippen LogP contribution in [0.25, 0.3) is 0 Å². The van der Waals surface area contributed by atoms with E-state index in [1.165, 1.54) is 18.2 Å². The molecular formula is C23H14ClNO5. The van der Waals surface area contributed by atoms with E-state index < -0.39 is 24.3 Å². The normalized spacial score (nSPS) is 12.0. The molecule has 1 aliphatic carbocycles. The van der Waals surface area contributed by atoms with E-state index in [2.05, 4.69) is 5.32 Å². The van der Waals surface area contributed by atoms with Gasteiger partial charge in [-0.25, -0.2) is 4.79 Å². The van der Waals surface area contributed by atoms with Crippen LogP contribution in [0.4, 0.5) is 5.69 Å². The van der Waals surface area contributed by atoms with Gasteiger partial charge in [0.25, 0.3) is 5.91 Å². The number of esters is 1. The summed E-state index contributed by atoms with van der Waals surface area (Å²) in [6.45, 7) is -0.562. The standard InChI is InChI=1S/C23H14ClNO5/c24-13-5-3-6-14(11-13)25-19(26)12-30-23(29)18-10-4-9-17-20(18)22(28)16-8-2-1-7-15(16)21(17)27/h1-11H,12H2,(H,25,26). The van der Waals surface area contributed by atoms with Gasteiger partial charge in [-0.3, -0.25) is 14.4 Å². The van der Waals surface area contributed by atoms with E-state index in [4.69, 9.17) is 16.3 Å². The molecule has 4 rings (SSSR count). The summed E-state index contributed by atoms with van der Waals surface area (Å²) >= 11 is 5.87. The number of hydrogen-bond donors (Lipinski definition) is 1. The van der Waals surface area contributed by atoms with Gasteiger partial charge in [-0.1, -0.05) is 54.1 Å². The van der Waals surface area contributed by atoms with Crippen LogP contribution in [0.1, 0.15) is 42.2 Å². The Balaban J connectivity index is 1.54. The van der Waals surface area contributed by atoms with Crippen LogP contribution in [-0.4, -0.2) is 30.0 Å². The minimum atomic E-state index is -0.867. The molecule has 0 aromatic heterocycles. The average molecular weight is 420 g/mol. The van der Waals surface area contributed by atoms with Gasteiger partial charge in [0.2, 0.25) is 0 Å². The summed E-state index contributed by atoms with van der Waals surface area (Å²) in [5.41, 5.74) is 1.04. The fourth-order valence-corrected chi connectivity index (χ4v) is 3.48. The molecule has 0 heterocycles. The molecule has 0 atom stereocenters. The largest absolute Gasteiger partial charge is 0.452 e. The maximum absolute atomic E-state index is 12.9. The Morgan fingerprint density at radius 2 is 1.50 bits per heavy atom. The Morgan fingerprint density at radius 1 is 0.833 bits per heavy atom. The number of benzene rings is 3. The summed E-state index contributed by atoms with van der Waals surface area (Å²) in [6.07, 6.45) is 0. The summed E-state index contributed by atoms with van der Waals surface area (Å²) in [5.74, 6) is -2.21. The number of amides is 1. The molecule has 0 bridgehead atoms. The monoisotopic (exact) mass is 419 g/mol. The third-order valence-corrected chi connectivity index (χ3v) is 4.85. The van der Waals surface area contributed by atoms with Crippen molar-refractivity contribution in [2.75, 3.05) is 11.9 Å². The maximum Gasteiger partial charge on any atom is 0.339 e. The molecule has 0 saturated heterocycles. The van der Waals surface area contributed by atoms with Gasteiger partial charge in [0.1, 0.15) is 0 Å². The SMILES string of the molecule is O=C(COC(=O)c1cccc2c1C(=O)c1ccccc1C2=O)Nc1cccc(Cl)c1. The second kappa shape index (κ2) is 7.93. The van der Waals surface area contributed by atoms with Crippen LogP contribution in [0, 0.1) is 0 Å². The molecule has 0 saturated carbocycles. The molecule has 7 heteroatoms. The van der Waals surface area contributed by atoms with Crippen molar-refractivity contribution in [3.8, 4) is 0 Å². The van der Waals surface area contributed by atoms with Gasteiger partial charge in [-0.05, 0) is 24.3 Å². The molecule has 3 aromatic rings. The van der Waals surface area contributed by atoms with E-state index in [9.17, 15) is 19.2 Å². The summed E-state index contributed by atoms with van der Waals surface area (Å²) < 4.78 is 5.08. The van der Waals surface area contributed by atoms with Crippen LogP contribution in [0.2, 0.25) is 5.02 Å². The molecule has 148 valence electrons. The van der Waals surface area contributed by atoms with Crippen molar-refractivity contribution in [3.63, 3.8) is 0 Å². The van der Waals surface area contributed by atoms with Crippen molar-refractivity contribution in [2.45, 2.75) is 0 Å². The van der Waals surface area contributed by atoms with Crippen LogP contribution >= 0.6 is 11.6 Å². The Morgan fingerprint density at radius 3 is 2.23 bits per heavy atom. The molecule has 0 radical (unpaired) electrons. The van der Waals surface area contributed by atoms with Crippen molar-refractivity contribution in [1.82, 2.24) is 0 Å². The lowest BCUT2D eigenvalue weighted by Gasteiger charge is -2.19. The molecular weight excluding hydrogens is 406 g/mol. The number of fused-ring (bicyclic) bond motifs is 2. The summed E-state index contributed by atoms with van der Waals surface area (Å²) in [6, 6.07) is 17.3. The Hall–Kier alpha value is -3.77. The first kappa shape index (κ1) is 19.5. The molecule has 3 aromatic carbocycles. The lowest BCUT2D eigenvalue weighted by Crippen LogP contribution is -2.26. The van der Waals surface area contributed by atoms with Crippen LogP contribution in [0.15, 0.2) is 66.7 Å². The highest BCUT2D eigenvalue weighted by Gasteiger charge is 2.33. The minimum absolute atomic E-state index is 0.0125. The molecule has 0 unspecified atom stereocenters. The van der Waals surface area contributed by atoms with Crippen LogP contribution < -0.4 is 5.32 Å². The van der Waals surface area contributed by atoms with Crippen molar-refractivity contribution in [1.29, 1.82) is 0 Å². The number of carbonyl (C=O) groups is 4. The van der Waals surface area contributed by atoms with E-state index in [0.717, 1.165) is 0 Å². The number of ether oxygens (including phenoxy) is 1. The van der Waals surface area contributed by atoms with Gasteiger partial charge in [0.05, 0.1) is 5.56 Å². The lowest BCUT2D eigenvalue weighted by atomic mass is 9.82.